The number of ether oxygens (including phenoxy) is 1. The molecule has 0 atom stereocenters. The van der Waals surface area contributed by atoms with Crippen LogP contribution in [0.4, 0.5) is 5.13 Å². The Kier molecular flexibility index (Phi) is 7.15. The Morgan fingerprint density at radius 3 is 2.69 bits per heavy atom. The Morgan fingerprint density at radius 2 is 2.03 bits per heavy atom. The van der Waals surface area contributed by atoms with Crippen LogP contribution in [-0.4, -0.2) is 46.2 Å². The van der Waals surface area contributed by atoms with Gasteiger partial charge in [0.05, 0.1) is 17.7 Å². The minimum Gasteiger partial charge on any atom is -0.495 e. The Bertz CT molecular complexity index is 935. The molecule has 2 aromatic rings. The lowest BCUT2D eigenvalue weighted by molar-refractivity contribution is 0.399. The summed E-state index contributed by atoms with van der Waals surface area (Å²) in [5, 5.41) is 7.44. The van der Waals surface area contributed by atoms with Crippen molar-refractivity contribution in [2.75, 3.05) is 32.1 Å². The average molecular weight is 439 g/mol. The molecule has 0 spiro atoms. The molecule has 29 heavy (non-hydrogen) atoms. The quantitative estimate of drug-likeness (QED) is 0.586. The van der Waals surface area contributed by atoms with E-state index in [0.29, 0.717) is 11.7 Å². The number of rotatable bonds is 8. The lowest BCUT2D eigenvalue weighted by Gasteiger charge is -2.24. The van der Waals surface area contributed by atoms with Crippen LogP contribution in [0.3, 0.4) is 0 Å². The normalized spacial score (nSPS) is 15.6. The van der Waals surface area contributed by atoms with Crippen molar-refractivity contribution in [3.63, 3.8) is 0 Å². The van der Waals surface area contributed by atoms with Crippen molar-refractivity contribution < 1.29 is 13.2 Å². The van der Waals surface area contributed by atoms with E-state index < -0.39 is 10.0 Å². The van der Waals surface area contributed by atoms with E-state index in [1.165, 1.54) is 18.4 Å². The summed E-state index contributed by atoms with van der Waals surface area (Å²) >= 11 is 1.54. The van der Waals surface area contributed by atoms with Crippen LogP contribution in [0, 0.1) is 12.8 Å². The van der Waals surface area contributed by atoms with E-state index in [4.69, 9.17) is 4.74 Å². The van der Waals surface area contributed by atoms with Crippen LogP contribution in [0.15, 0.2) is 23.1 Å². The summed E-state index contributed by atoms with van der Waals surface area (Å²) in [6, 6.07) is 5.23. The van der Waals surface area contributed by atoms with Crippen LogP contribution >= 0.6 is 11.3 Å². The lowest BCUT2D eigenvalue weighted by atomic mass is 10.1. The second kappa shape index (κ2) is 9.42. The number of hydrogen-bond donors (Lipinski definition) is 3. The van der Waals surface area contributed by atoms with Crippen molar-refractivity contribution in [3.8, 4) is 16.2 Å². The largest absolute Gasteiger partial charge is 0.495 e. The van der Waals surface area contributed by atoms with E-state index >= 15 is 0 Å². The van der Waals surface area contributed by atoms with Gasteiger partial charge in [0.1, 0.15) is 10.6 Å². The van der Waals surface area contributed by atoms with Gasteiger partial charge in [0.2, 0.25) is 10.0 Å². The van der Waals surface area contributed by atoms with Crippen LogP contribution in [0.5, 0.6) is 5.75 Å². The van der Waals surface area contributed by atoms with Crippen molar-refractivity contribution in [1.82, 2.24) is 15.0 Å². The third-order valence-corrected chi connectivity index (χ3v) is 7.54. The standard InChI is InChI=1S/C20H30N4O3S2/c1-13(2)12-22-20-23-14(3)19(28-20)15-5-6-17(27-4)18(11-15)29(25,26)24-16-7-9-21-10-8-16/h5-6,11,13,16,21,24H,7-10,12H2,1-4H3,(H,22,23). The number of methoxy groups -OCH3 is 1. The third kappa shape index (κ3) is 5.48. The SMILES string of the molecule is COc1ccc(-c2sc(NCC(C)C)nc2C)cc1S(=O)(=O)NC1CCNCC1. The highest BCUT2D eigenvalue weighted by molar-refractivity contribution is 7.89. The Balaban J connectivity index is 1.91. The molecule has 0 saturated carbocycles. The van der Waals surface area contributed by atoms with E-state index in [1.807, 2.05) is 13.0 Å². The van der Waals surface area contributed by atoms with E-state index in [9.17, 15) is 8.42 Å². The van der Waals surface area contributed by atoms with Crippen molar-refractivity contribution in [2.45, 2.75) is 44.6 Å². The number of benzene rings is 1. The topological polar surface area (TPSA) is 92.3 Å². The van der Waals surface area contributed by atoms with Crippen molar-refractivity contribution in [3.05, 3.63) is 23.9 Å². The number of piperidine rings is 1. The molecule has 1 aromatic heterocycles. The second-order valence-corrected chi connectivity index (χ2v) is 10.4. The fraction of sp³-hybridized carbons (Fsp3) is 0.550. The molecule has 1 fully saturated rings. The predicted octanol–water partition coefficient (Wildman–Crippen LogP) is 3.23. The molecule has 0 aliphatic carbocycles. The van der Waals surface area contributed by atoms with Crippen LogP contribution in [0.1, 0.15) is 32.4 Å². The number of hydrogen-bond acceptors (Lipinski definition) is 7. The summed E-state index contributed by atoms with van der Waals surface area (Å²) in [7, 11) is -2.20. The summed E-state index contributed by atoms with van der Waals surface area (Å²) in [5.74, 6) is 0.858. The van der Waals surface area contributed by atoms with Gasteiger partial charge in [-0.05, 0) is 62.5 Å². The zero-order valence-corrected chi connectivity index (χ0v) is 19.0. The van der Waals surface area contributed by atoms with Gasteiger partial charge < -0.3 is 15.4 Å². The van der Waals surface area contributed by atoms with Crippen molar-refractivity contribution >= 4 is 26.5 Å². The molecule has 3 rings (SSSR count). The molecule has 0 unspecified atom stereocenters. The monoisotopic (exact) mass is 438 g/mol. The van der Waals surface area contributed by atoms with Gasteiger partial charge in [0.15, 0.2) is 5.13 Å². The highest BCUT2D eigenvalue weighted by Crippen LogP contribution is 2.36. The molecule has 1 aliphatic heterocycles. The molecule has 1 aromatic carbocycles. The number of sulfonamides is 1. The highest BCUT2D eigenvalue weighted by Gasteiger charge is 2.26. The molecule has 0 radical (unpaired) electrons. The minimum atomic E-state index is -3.69. The van der Waals surface area contributed by atoms with Gasteiger partial charge in [-0.25, -0.2) is 18.1 Å². The van der Waals surface area contributed by atoms with Gasteiger partial charge in [0.25, 0.3) is 0 Å². The predicted molar refractivity (Wildman–Crippen MR) is 118 cm³/mol. The van der Waals surface area contributed by atoms with E-state index in [2.05, 4.69) is 34.2 Å². The summed E-state index contributed by atoms with van der Waals surface area (Å²) in [5.41, 5.74) is 1.70. The van der Waals surface area contributed by atoms with Gasteiger partial charge in [-0.2, -0.15) is 0 Å². The Labute approximate surface area is 177 Å². The first-order valence-corrected chi connectivity index (χ1v) is 12.2. The lowest BCUT2D eigenvalue weighted by Crippen LogP contribution is -2.42. The molecule has 3 N–H and O–H groups in total. The maximum Gasteiger partial charge on any atom is 0.244 e. The van der Waals surface area contributed by atoms with Crippen molar-refractivity contribution in [2.24, 2.45) is 5.92 Å². The first-order valence-electron chi connectivity index (χ1n) is 9.93. The molecule has 0 amide bonds. The molecule has 7 nitrogen and oxygen atoms in total. The van der Waals surface area contributed by atoms with Crippen LogP contribution in [0.25, 0.3) is 10.4 Å². The van der Waals surface area contributed by atoms with Gasteiger partial charge in [-0.1, -0.05) is 25.2 Å². The number of anilines is 1. The maximum absolute atomic E-state index is 13.1. The van der Waals surface area contributed by atoms with Gasteiger partial charge in [-0.3, -0.25) is 0 Å². The Morgan fingerprint density at radius 1 is 1.31 bits per heavy atom. The van der Waals surface area contributed by atoms with Crippen LogP contribution in [0.2, 0.25) is 0 Å². The zero-order chi connectivity index (χ0) is 21.0. The summed E-state index contributed by atoms with van der Waals surface area (Å²) < 4.78 is 34.4. The molecular weight excluding hydrogens is 408 g/mol. The molecule has 0 bridgehead atoms. The minimum absolute atomic E-state index is 0.0633. The Hall–Kier alpha value is -1.68. The highest BCUT2D eigenvalue weighted by atomic mass is 32.2. The third-order valence-electron chi connectivity index (χ3n) is 4.83. The van der Waals surface area contributed by atoms with E-state index in [1.54, 1.807) is 12.1 Å². The molecule has 160 valence electrons. The van der Waals surface area contributed by atoms with Gasteiger partial charge in [0, 0.05) is 12.6 Å². The van der Waals surface area contributed by atoms with Gasteiger partial charge >= 0.3 is 0 Å². The number of nitrogens with zero attached hydrogens (tertiary/aromatic N) is 1. The molecule has 1 aliphatic rings. The zero-order valence-electron chi connectivity index (χ0n) is 17.4. The van der Waals surface area contributed by atoms with E-state index in [0.717, 1.165) is 53.7 Å². The van der Waals surface area contributed by atoms with Crippen LogP contribution < -0.4 is 20.1 Å². The first-order chi connectivity index (χ1) is 13.8. The fourth-order valence-electron chi connectivity index (χ4n) is 3.28. The molecule has 1 saturated heterocycles. The summed E-state index contributed by atoms with van der Waals surface area (Å²) in [4.78, 5) is 5.71. The molecule has 2 heterocycles. The maximum atomic E-state index is 13.1. The van der Waals surface area contributed by atoms with Crippen molar-refractivity contribution in [1.29, 1.82) is 0 Å². The number of aromatic nitrogens is 1. The number of nitrogens with one attached hydrogen (secondary N) is 3. The van der Waals surface area contributed by atoms with Gasteiger partial charge in [-0.15, -0.1) is 0 Å². The van der Waals surface area contributed by atoms with Crippen LogP contribution in [-0.2, 0) is 10.0 Å². The molecular formula is C20H30N4O3S2. The smallest absolute Gasteiger partial charge is 0.244 e. The number of thiazole rings is 1. The average Bonchev–Trinajstić information content (AvgIpc) is 3.07. The first kappa shape index (κ1) is 22.0. The number of aryl methyl sites for hydroxylation is 1. The van der Waals surface area contributed by atoms with E-state index in [-0.39, 0.29) is 10.9 Å². The molecule has 9 heteroatoms. The summed E-state index contributed by atoms with van der Waals surface area (Å²) in [6.45, 7) is 8.70. The second-order valence-electron chi connectivity index (χ2n) is 7.72. The summed E-state index contributed by atoms with van der Waals surface area (Å²) in [6.07, 6.45) is 1.56. The fourth-order valence-corrected chi connectivity index (χ4v) is 5.75.